The smallest absolute Gasteiger partial charge is 0.243 e. The average molecular weight is 372 g/mol. The van der Waals surface area contributed by atoms with Crippen LogP contribution in [0.3, 0.4) is 0 Å². The summed E-state index contributed by atoms with van der Waals surface area (Å²) >= 11 is 0. The standard InChI is InChI=1S/C22H33N3O2/c1-3-23-11-13-25(14-12-23)22(15-18-7-4-5-8-19(18)16-22)21(26)24-10-6-9-20(17-24)27-2/h4-5,7-8,20H,3,6,9-17H2,1-2H3/t20-/m0/s1. The minimum atomic E-state index is -0.404. The molecule has 1 aromatic rings. The number of hydrogen-bond acceptors (Lipinski definition) is 4. The molecule has 148 valence electrons. The van der Waals surface area contributed by atoms with Crippen molar-refractivity contribution in [2.75, 3.05) is 52.9 Å². The molecule has 0 radical (unpaired) electrons. The van der Waals surface area contributed by atoms with Gasteiger partial charge < -0.3 is 14.5 Å². The first-order valence-electron chi connectivity index (χ1n) is 10.5. The van der Waals surface area contributed by atoms with E-state index < -0.39 is 5.54 Å². The van der Waals surface area contributed by atoms with Crippen LogP contribution < -0.4 is 0 Å². The number of benzene rings is 1. The third-order valence-corrected chi connectivity index (χ3v) is 6.91. The lowest BCUT2D eigenvalue weighted by atomic mass is 9.89. The van der Waals surface area contributed by atoms with Crippen LogP contribution in [0.1, 0.15) is 30.9 Å². The lowest BCUT2D eigenvalue weighted by Crippen LogP contribution is -2.65. The van der Waals surface area contributed by atoms with Crippen LogP contribution in [-0.2, 0) is 22.4 Å². The molecule has 1 aromatic carbocycles. The fraction of sp³-hybridized carbons (Fsp3) is 0.682. The normalized spacial score (nSPS) is 26.1. The summed E-state index contributed by atoms with van der Waals surface area (Å²) in [5.41, 5.74) is 2.30. The highest BCUT2D eigenvalue weighted by Crippen LogP contribution is 2.37. The molecule has 0 spiro atoms. The number of fused-ring (bicyclic) bond motifs is 1. The quantitative estimate of drug-likeness (QED) is 0.809. The van der Waals surface area contributed by atoms with Crippen molar-refractivity contribution in [1.82, 2.24) is 14.7 Å². The molecular formula is C22H33N3O2. The van der Waals surface area contributed by atoms with E-state index in [-0.39, 0.29) is 6.10 Å². The summed E-state index contributed by atoms with van der Waals surface area (Å²) < 4.78 is 5.59. The number of carbonyl (C=O) groups excluding carboxylic acids is 1. The second kappa shape index (κ2) is 7.90. The maximum Gasteiger partial charge on any atom is 0.243 e. The Morgan fingerprint density at radius 2 is 1.78 bits per heavy atom. The molecule has 2 fully saturated rings. The van der Waals surface area contributed by atoms with Crippen molar-refractivity contribution in [3.63, 3.8) is 0 Å². The Hall–Kier alpha value is -1.43. The summed E-state index contributed by atoms with van der Waals surface area (Å²) in [6.07, 6.45) is 3.98. The molecule has 4 rings (SSSR count). The zero-order valence-electron chi connectivity index (χ0n) is 16.8. The SMILES string of the molecule is CCN1CCN(C2(C(=O)N3CCC[C@H](OC)C3)Cc3ccccc3C2)CC1. The highest BCUT2D eigenvalue weighted by atomic mass is 16.5. The third kappa shape index (κ3) is 3.53. The van der Waals surface area contributed by atoms with Crippen LogP contribution in [0.15, 0.2) is 24.3 Å². The van der Waals surface area contributed by atoms with Gasteiger partial charge in [0.1, 0.15) is 5.54 Å². The summed E-state index contributed by atoms with van der Waals surface area (Å²) in [6.45, 7) is 9.00. The fourth-order valence-electron chi connectivity index (χ4n) is 5.21. The van der Waals surface area contributed by atoms with Gasteiger partial charge in [-0.3, -0.25) is 9.69 Å². The minimum Gasteiger partial charge on any atom is -0.380 e. The van der Waals surface area contributed by atoms with Gasteiger partial charge in [0.2, 0.25) is 5.91 Å². The van der Waals surface area contributed by atoms with Crippen LogP contribution in [0.5, 0.6) is 0 Å². The molecule has 5 nitrogen and oxygen atoms in total. The van der Waals surface area contributed by atoms with Gasteiger partial charge in [-0.2, -0.15) is 0 Å². The van der Waals surface area contributed by atoms with Crippen molar-refractivity contribution in [1.29, 1.82) is 0 Å². The van der Waals surface area contributed by atoms with Crippen LogP contribution in [0.2, 0.25) is 0 Å². The predicted molar refractivity (Wildman–Crippen MR) is 107 cm³/mol. The number of likely N-dealkylation sites (N-methyl/N-ethyl adjacent to an activating group) is 1. The molecule has 0 bridgehead atoms. The number of nitrogens with zero attached hydrogens (tertiary/aromatic N) is 3. The first-order chi connectivity index (χ1) is 13.2. The molecule has 1 atom stereocenters. The van der Waals surface area contributed by atoms with E-state index in [1.165, 1.54) is 11.1 Å². The van der Waals surface area contributed by atoms with Crippen LogP contribution in [0, 0.1) is 0 Å². The number of hydrogen-bond donors (Lipinski definition) is 0. The molecule has 1 amide bonds. The molecule has 27 heavy (non-hydrogen) atoms. The van der Waals surface area contributed by atoms with Crippen molar-refractivity contribution in [3.8, 4) is 0 Å². The van der Waals surface area contributed by atoms with E-state index in [9.17, 15) is 4.79 Å². The van der Waals surface area contributed by atoms with E-state index >= 15 is 0 Å². The van der Waals surface area contributed by atoms with Crippen molar-refractivity contribution >= 4 is 5.91 Å². The molecular weight excluding hydrogens is 338 g/mol. The number of carbonyl (C=O) groups is 1. The molecule has 0 N–H and O–H groups in total. The molecule has 2 saturated heterocycles. The van der Waals surface area contributed by atoms with E-state index in [1.54, 1.807) is 7.11 Å². The number of piperazine rings is 1. The van der Waals surface area contributed by atoms with E-state index in [4.69, 9.17) is 4.74 Å². The van der Waals surface area contributed by atoms with Gasteiger partial charge in [-0.25, -0.2) is 0 Å². The van der Waals surface area contributed by atoms with Crippen molar-refractivity contribution in [2.24, 2.45) is 0 Å². The Balaban J connectivity index is 1.60. The van der Waals surface area contributed by atoms with Gasteiger partial charge in [-0.05, 0) is 30.5 Å². The van der Waals surface area contributed by atoms with Crippen molar-refractivity contribution in [3.05, 3.63) is 35.4 Å². The summed E-state index contributed by atoms with van der Waals surface area (Å²) in [5, 5.41) is 0. The second-order valence-corrected chi connectivity index (χ2v) is 8.33. The van der Waals surface area contributed by atoms with Crippen molar-refractivity contribution in [2.45, 2.75) is 44.2 Å². The number of ether oxygens (including phenoxy) is 1. The van der Waals surface area contributed by atoms with Crippen LogP contribution in [-0.4, -0.2) is 85.2 Å². The largest absolute Gasteiger partial charge is 0.380 e. The molecule has 5 heteroatoms. The van der Waals surface area contributed by atoms with Crippen LogP contribution in [0.25, 0.3) is 0 Å². The van der Waals surface area contributed by atoms with E-state index in [2.05, 4.69) is 45.9 Å². The van der Waals surface area contributed by atoms with E-state index in [0.717, 1.165) is 71.5 Å². The number of methoxy groups -OCH3 is 1. The molecule has 2 heterocycles. The number of likely N-dealkylation sites (tertiary alicyclic amines) is 1. The maximum absolute atomic E-state index is 13.9. The molecule has 0 unspecified atom stereocenters. The number of amides is 1. The molecule has 2 aliphatic heterocycles. The molecule has 0 aromatic heterocycles. The van der Waals surface area contributed by atoms with Crippen LogP contribution >= 0.6 is 0 Å². The Morgan fingerprint density at radius 3 is 2.37 bits per heavy atom. The second-order valence-electron chi connectivity index (χ2n) is 8.33. The monoisotopic (exact) mass is 371 g/mol. The van der Waals surface area contributed by atoms with Gasteiger partial charge in [0.05, 0.1) is 6.10 Å². The highest BCUT2D eigenvalue weighted by Gasteiger charge is 2.51. The summed E-state index contributed by atoms with van der Waals surface area (Å²) in [7, 11) is 1.77. The Morgan fingerprint density at radius 1 is 1.11 bits per heavy atom. The molecule has 1 aliphatic carbocycles. The predicted octanol–water partition coefficient (Wildman–Crippen LogP) is 1.80. The zero-order valence-corrected chi connectivity index (χ0v) is 16.8. The molecule has 3 aliphatic rings. The summed E-state index contributed by atoms with van der Waals surface area (Å²) in [5.74, 6) is 0.324. The summed E-state index contributed by atoms with van der Waals surface area (Å²) in [6, 6.07) is 8.63. The van der Waals surface area contributed by atoms with Gasteiger partial charge in [-0.15, -0.1) is 0 Å². The third-order valence-electron chi connectivity index (χ3n) is 6.91. The van der Waals surface area contributed by atoms with Gasteiger partial charge in [0.15, 0.2) is 0 Å². The first-order valence-corrected chi connectivity index (χ1v) is 10.5. The van der Waals surface area contributed by atoms with Crippen molar-refractivity contribution < 1.29 is 9.53 Å². The summed E-state index contributed by atoms with van der Waals surface area (Å²) in [4.78, 5) is 21.0. The van der Waals surface area contributed by atoms with Gasteiger partial charge in [0.25, 0.3) is 0 Å². The first kappa shape index (κ1) is 18.9. The Bertz CT molecular complexity index is 644. The zero-order chi connectivity index (χ0) is 18.9. The highest BCUT2D eigenvalue weighted by molar-refractivity contribution is 5.88. The lowest BCUT2D eigenvalue weighted by molar-refractivity contribution is -0.149. The molecule has 0 saturated carbocycles. The maximum atomic E-state index is 13.9. The number of rotatable bonds is 4. The average Bonchev–Trinajstić information content (AvgIpc) is 3.14. The van der Waals surface area contributed by atoms with Gasteiger partial charge >= 0.3 is 0 Å². The van der Waals surface area contributed by atoms with E-state index in [1.807, 2.05) is 0 Å². The van der Waals surface area contributed by atoms with Crippen LogP contribution in [0.4, 0.5) is 0 Å². The van der Waals surface area contributed by atoms with Gasteiger partial charge in [-0.1, -0.05) is 31.2 Å². The number of piperidine rings is 1. The lowest BCUT2D eigenvalue weighted by Gasteiger charge is -2.47. The Labute approximate surface area is 163 Å². The topological polar surface area (TPSA) is 36.0 Å². The fourth-order valence-corrected chi connectivity index (χ4v) is 5.21. The van der Waals surface area contributed by atoms with Gasteiger partial charge in [0, 0.05) is 59.2 Å². The minimum absolute atomic E-state index is 0.181. The Kier molecular flexibility index (Phi) is 5.53. The van der Waals surface area contributed by atoms with E-state index in [0.29, 0.717) is 5.91 Å².